The molecule has 0 aliphatic rings. The average molecular weight is 303 g/mol. The van der Waals surface area contributed by atoms with Gasteiger partial charge in [-0.3, -0.25) is 4.79 Å². The van der Waals surface area contributed by atoms with Crippen LogP contribution in [0.4, 0.5) is 5.69 Å². The van der Waals surface area contributed by atoms with Crippen molar-refractivity contribution in [3.8, 4) is 0 Å². The maximum Gasteiger partial charge on any atom is 0.232 e. The number of carbonyl (C=O) groups excluding carboxylic acids is 1. The van der Waals surface area contributed by atoms with Crippen molar-refractivity contribution >= 4 is 11.6 Å². The average Bonchev–Trinajstić information content (AvgIpc) is 2.47. The first-order valence-corrected chi connectivity index (χ1v) is 8.73. The van der Waals surface area contributed by atoms with Crippen molar-refractivity contribution in [2.24, 2.45) is 5.41 Å². The smallest absolute Gasteiger partial charge is 0.232 e. The van der Waals surface area contributed by atoms with Gasteiger partial charge in [0.2, 0.25) is 5.91 Å². The molecule has 0 saturated heterocycles. The van der Waals surface area contributed by atoms with Crippen molar-refractivity contribution in [1.29, 1.82) is 0 Å². The molecule has 2 heteroatoms. The van der Waals surface area contributed by atoms with E-state index in [4.69, 9.17) is 0 Å². The van der Waals surface area contributed by atoms with Crippen LogP contribution < -0.4 is 4.90 Å². The first-order chi connectivity index (χ1) is 10.3. The number of nitrogens with zero attached hydrogens (tertiary/aromatic N) is 1. The van der Waals surface area contributed by atoms with Crippen LogP contribution in [-0.4, -0.2) is 11.9 Å². The first-order valence-electron chi connectivity index (χ1n) is 8.73. The summed E-state index contributed by atoms with van der Waals surface area (Å²) in [5.74, 6) is 0.240. The highest BCUT2D eigenvalue weighted by molar-refractivity contribution is 5.97. The third-order valence-corrected chi connectivity index (χ3v) is 4.63. The molecular weight excluding hydrogens is 270 g/mol. The van der Waals surface area contributed by atoms with Crippen molar-refractivity contribution in [2.45, 2.75) is 79.7 Å². The fourth-order valence-corrected chi connectivity index (χ4v) is 2.65. The predicted octanol–water partition coefficient (Wildman–Crippen LogP) is 5.73. The highest BCUT2D eigenvalue weighted by atomic mass is 16.2. The highest BCUT2D eigenvalue weighted by Crippen LogP contribution is 2.30. The number of anilines is 1. The van der Waals surface area contributed by atoms with E-state index in [2.05, 4.69) is 59.7 Å². The zero-order valence-corrected chi connectivity index (χ0v) is 15.3. The van der Waals surface area contributed by atoms with Gasteiger partial charge in [0.1, 0.15) is 0 Å². The summed E-state index contributed by atoms with van der Waals surface area (Å²) in [5, 5.41) is 0. The third-order valence-electron chi connectivity index (χ3n) is 4.63. The second-order valence-corrected chi connectivity index (χ2v) is 7.10. The minimum atomic E-state index is -0.317. The molecule has 1 atom stereocenters. The van der Waals surface area contributed by atoms with E-state index in [0.717, 1.165) is 18.5 Å². The minimum Gasteiger partial charge on any atom is -0.309 e. The molecule has 0 aliphatic heterocycles. The molecule has 1 aromatic rings. The summed E-state index contributed by atoms with van der Waals surface area (Å²) in [6, 6.07) is 8.56. The molecule has 0 spiro atoms. The van der Waals surface area contributed by atoms with Crippen LogP contribution in [0, 0.1) is 12.3 Å². The van der Waals surface area contributed by atoms with Crippen molar-refractivity contribution in [3.63, 3.8) is 0 Å². The monoisotopic (exact) mass is 303 g/mol. The Morgan fingerprint density at radius 1 is 1.23 bits per heavy atom. The van der Waals surface area contributed by atoms with Gasteiger partial charge in [0, 0.05) is 17.1 Å². The number of unbranched alkanes of at least 4 members (excludes halogenated alkanes) is 2. The molecule has 0 aliphatic carbocycles. The fourth-order valence-electron chi connectivity index (χ4n) is 2.65. The van der Waals surface area contributed by atoms with E-state index in [1.807, 2.05) is 11.0 Å². The Morgan fingerprint density at radius 2 is 1.91 bits per heavy atom. The molecule has 0 heterocycles. The van der Waals surface area contributed by atoms with Gasteiger partial charge in [-0.1, -0.05) is 59.1 Å². The Balaban J connectivity index is 3.07. The molecule has 2 nitrogen and oxygen atoms in total. The highest BCUT2D eigenvalue weighted by Gasteiger charge is 2.33. The van der Waals surface area contributed by atoms with Crippen LogP contribution in [0.15, 0.2) is 24.3 Å². The predicted molar refractivity (Wildman–Crippen MR) is 96.3 cm³/mol. The summed E-state index contributed by atoms with van der Waals surface area (Å²) in [6.45, 7) is 12.7. The summed E-state index contributed by atoms with van der Waals surface area (Å²) in [7, 11) is 0. The molecule has 1 unspecified atom stereocenters. The van der Waals surface area contributed by atoms with Crippen molar-refractivity contribution in [3.05, 3.63) is 29.8 Å². The number of carbonyl (C=O) groups is 1. The molecule has 0 fully saturated rings. The van der Waals surface area contributed by atoms with E-state index >= 15 is 0 Å². The van der Waals surface area contributed by atoms with Gasteiger partial charge in [0.05, 0.1) is 0 Å². The zero-order chi connectivity index (χ0) is 16.8. The van der Waals surface area contributed by atoms with Crippen LogP contribution in [0.5, 0.6) is 0 Å². The summed E-state index contributed by atoms with van der Waals surface area (Å²) in [5.41, 5.74) is 1.92. The topological polar surface area (TPSA) is 20.3 Å². The van der Waals surface area contributed by atoms with Crippen LogP contribution in [0.25, 0.3) is 0 Å². The van der Waals surface area contributed by atoms with Gasteiger partial charge in [-0.05, 0) is 44.4 Å². The van der Waals surface area contributed by atoms with Gasteiger partial charge in [0.15, 0.2) is 0 Å². The summed E-state index contributed by atoms with van der Waals surface area (Å²) in [6.07, 6.45) is 5.55. The van der Waals surface area contributed by atoms with Gasteiger partial charge in [-0.2, -0.15) is 0 Å². The van der Waals surface area contributed by atoms with Gasteiger partial charge >= 0.3 is 0 Å². The number of hydrogen-bond donors (Lipinski definition) is 0. The van der Waals surface area contributed by atoms with E-state index in [-0.39, 0.29) is 17.4 Å². The van der Waals surface area contributed by atoms with E-state index in [1.165, 1.54) is 24.8 Å². The van der Waals surface area contributed by atoms with Crippen LogP contribution in [0.2, 0.25) is 0 Å². The molecular formula is C20H33NO. The standard InChI is InChI=1S/C20H33NO/c1-7-9-10-13-17(4)21(19(22)20(5,6)8-2)18-14-11-12-16(3)15-18/h11-12,14-15,17H,7-10,13H2,1-6H3. The molecule has 1 aromatic carbocycles. The summed E-state index contributed by atoms with van der Waals surface area (Å²) >= 11 is 0. The van der Waals surface area contributed by atoms with Crippen molar-refractivity contribution in [1.82, 2.24) is 0 Å². The van der Waals surface area contributed by atoms with Crippen LogP contribution in [0.1, 0.15) is 72.3 Å². The quantitative estimate of drug-likeness (QED) is 0.561. The van der Waals surface area contributed by atoms with Crippen LogP contribution in [0.3, 0.4) is 0 Å². The Kier molecular flexibility index (Phi) is 7.12. The van der Waals surface area contributed by atoms with Gasteiger partial charge in [-0.25, -0.2) is 0 Å². The van der Waals surface area contributed by atoms with E-state index < -0.39 is 0 Å². The van der Waals surface area contributed by atoms with E-state index in [0.29, 0.717) is 0 Å². The second kappa shape index (κ2) is 8.36. The molecule has 0 saturated carbocycles. The third kappa shape index (κ3) is 4.86. The van der Waals surface area contributed by atoms with Crippen LogP contribution >= 0.6 is 0 Å². The Labute approximate surface area is 136 Å². The number of benzene rings is 1. The number of hydrogen-bond acceptors (Lipinski definition) is 1. The summed E-state index contributed by atoms with van der Waals surface area (Å²) in [4.78, 5) is 15.1. The number of amides is 1. The molecule has 0 bridgehead atoms. The lowest BCUT2D eigenvalue weighted by Crippen LogP contribution is -2.46. The fraction of sp³-hybridized carbons (Fsp3) is 0.650. The molecule has 0 aromatic heterocycles. The Hall–Kier alpha value is -1.31. The molecule has 0 radical (unpaired) electrons. The zero-order valence-electron chi connectivity index (χ0n) is 15.3. The number of rotatable bonds is 8. The minimum absolute atomic E-state index is 0.240. The Bertz CT molecular complexity index is 478. The van der Waals surface area contributed by atoms with Crippen molar-refractivity contribution < 1.29 is 4.79 Å². The first kappa shape index (κ1) is 18.7. The lowest BCUT2D eigenvalue weighted by molar-refractivity contribution is -0.127. The normalized spacial score (nSPS) is 13.0. The van der Waals surface area contributed by atoms with Crippen molar-refractivity contribution in [2.75, 3.05) is 4.90 Å². The SMILES string of the molecule is CCCCCC(C)N(C(=O)C(C)(C)CC)c1cccc(C)c1. The molecule has 0 N–H and O–H groups in total. The van der Waals surface area contributed by atoms with Crippen LogP contribution in [-0.2, 0) is 4.79 Å². The number of aryl methyl sites for hydroxylation is 1. The lowest BCUT2D eigenvalue weighted by atomic mass is 9.87. The largest absolute Gasteiger partial charge is 0.309 e. The second-order valence-electron chi connectivity index (χ2n) is 7.10. The summed E-state index contributed by atoms with van der Waals surface area (Å²) < 4.78 is 0. The molecule has 1 rings (SSSR count). The molecule has 1 amide bonds. The van der Waals surface area contributed by atoms with Gasteiger partial charge < -0.3 is 4.90 Å². The van der Waals surface area contributed by atoms with E-state index in [9.17, 15) is 4.79 Å². The van der Waals surface area contributed by atoms with Gasteiger partial charge in [0.25, 0.3) is 0 Å². The lowest BCUT2D eigenvalue weighted by Gasteiger charge is -2.36. The molecule has 22 heavy (non-hydrogen) atoms. The van der Waals surface area contributed by atoms with E-state index in [1.54, 1.807) is 0 Å². The maximum atomic E-state index is 13.1. The molecule has 124 valence electrons. The maximum absolute atomic E-state index is 13.1. The Morgan fingerprint density at radius 3 is 2.45 bits per heavy atom. The van der Waals surface area contributed by atoms with Gasteiger partial charge in [-0.15, -0.1) is 0 Å².